The molecule has 1 unspecified atom stereocenters. The largest absolute Gasteiger partial charge is 0.501 e. The maximum absolute atomic E-state index is 12.8. The number of sulfonamides is 1. The van der Waals surface area contributed by atoms with Crippen molar-refractivity contribution in [1.82, 2.24) is 14.5 Å². The Balaban J connectivity index is 1.94. The Bertz CT molecular complexity index is 925. The third-order valence-electron chi connectivity index (χ3n) is 4.94. The highest BCUT2D eigenvalue weighted by Gasteiger charge is 2.47. The van der Waals surface area contributed by atoms with Crippen molar-refractivity contribution in [3.05, 3.63) is 23.8 Å². The summed E-state index contributed by atoms with van der Waals surface area (Å²) >= 11 is 0. The predicted octanol–water partition coefficient (Wildman–Crippen LogP) is -0.543. The van der Waals surface area contributed by atoms with Crippen LogP contribution in [0, 0.1) is 0 Å². The molecule has 4 amide bonds. The lowest BCUT2D eigenvalue weighted by Crippen LogP contribution is -2.53. The molecule has 2 aliphatic carbocycles. The Morgan fingerprint density at radius 1 is 1.37 bits per heavy atom. The fraction of sp³-hybridized carbons (Fsp3) is 0.529. The van der Waals surface area contributed by atoms with Gasteiger partial charge in [-0.15, -0.1) is 4.90 Å². The first-order valence-electron chi connectivity index (χ1n) is 8.55. The van der Waals surface area contributed by atoms with Gasteiger partial charge >= 0.3 is 11.9 Å². The van der Waals surface area contributed by atoms with Crippen molar-refractivity contribution in [2.24, 2.45) is 0 Å². The SMILES string of the molecule is CN(C)C(=O)CN1C(=O)C2=CC(S(=O)(=O)NC3(C)CC3)C=CC2=[N+](C)C1=O. The lowest BCUT2D eigenvalue weighted by atomic mass is 10.00. The number of fused-ring (bicyclic) bond motifs is 1. The normalized spacial score (nSPS) is 23.9. The molecule has 0 aromatic heterocycles. The lowest BCUT2D eigenvalue weighted by Gasteiger charge is -2.25. The van der Waals surface area contributed by atoms with Gasteiger partial charge in [0.15, 0.2) is 6.54 Å². The minimum atomic E-state index is -3.71. The number of likely N-dealkylation sites (N-methyl/N-ethyl adjacent to an activating group) is 1. The molecule has 0 saturated heterocycles. The fourth-order valence-electron chi connectivity index (χ4n) is 2.88. The van der Waals surface area contributed by atoms with Gasteiger partial charge in [0.2, 0.25) is 10.0 Å². The number of nitrogens with zero attached hydrogens (tertiary/aromatic N) is 3. The molecule has 0 aromatic rings. The maximum atomic E-state index is 12.8. The van der Waals surface area contributed by atoms with Gasteiger partial charge in [-0.25, -0.2) is 17.9 Å². The molecule has 1 atom stereocenters. The highest BCUT2D eigenvalue weighted by molar-refractivity contribution is 7.90. The van der Waals surface area contributed by atoms with Crippen LogP contribution in [0.25, 0.3) is 0 Å². The Hall–Kier alpha value is -2.33. The summed E-state index contributed by atoms with van der Waals surface area (Å²) in [6.07, 6.45) is 5.79. The number of urea groups is 1. The second kappa shape index (κ2) is 6.38. The van der Waals surface area contributed by atoms with E-state index in [0.29, 0.717) is 5.71 Å². The number of nitrogens with one attached hydrogen (secondary N) is 1. The van der Waals surface area contributed by atoms with E-state index >= 15 is 0 Å². The van der Waals surface area contributed by atoms with E-state index in [4.69, 9.17) is 0 Å². The summed E-state index contributed by atoms with van der Waals surface area (Å²) in [5, 5.41) is -1.02. The molecule has 3 aliphatic rings. The molecule has 9 nitrogen and oxygen atoms in total. The number of amides is 4. The minimum Gasteiger partial charge on any atom is -0.345 e. The van der Waals surface area contributed by atoms with E-state index in [-0.39, 0.29) is 5.57 Å². The van der Waals surface area contributed by atoms with Crippen LogP contribution in [0.2, 0.25) is 0 Å². The first-order valence-corrected chi connectivity index (χ1v) is 10.1. The van der Waals surface area contributed by atoms with Crippen LogP contribution in [0.15, 0.2) is 23.8 Å². The molecular formula is C17H23N4O5S+. The van der Waals surface area contributed by atoms with Crippen LogP contribution in [-0.4, -0.2) is 84.8 Å². The number of rotatable bonds is 5. The van der Waals surface area contributed by atoms with Crippen molar-refractivity contribution >= 4 is 33.6 Å². The van der Waals surface area contributed by atoms with Crippen LogP contribution in [0.1, 0.15) is 19.8 Å². The zero-order chi connectivity index (χ0) is 20.1. The average molecular weight is 395 g/mol. The van der Waals surface area contributed by atoms with Gasteiger partial charge < -0.3 is 4.90 Å². The molecule has 146 valence electrons. The third kappa shape index (κ3) is 3.59. The summed E-state index contributed by atoms with van der Waals surface area (Å²) in [6, 6.07) is -0.628. The van der Waals surface area contributed by atoms with Gasteiger partial charge in [0.05, 0.1) is 7.05 Å². The van der Waals surface area contributed by atoms with E-state index in [1.165, 1.54) is 48.8 Å². The maximum Gasteiger partial charge on any atom is 0.501 e. The number of carbonyl (C=O) groups is 3. The number of hydrogen-bond acceptors (Lipinski definition) is 5. The van der Waals surface area contributed by atoms with Crippen molar-refractivity contribution < 1.29 is 27.4 Å². The van der Waals surface area contributed by atoms with Crippen molar-refractivity contribution in [1.29, 1.82) is 0 Å². The molecule has 10 heteroatoms. The quantitative estimate of drug-likeness (QED) is 0.629. The Morgan fingerprint density at radius 2 is 2.00 bits per heavy atom. The molecule has 27 heavy (non-hydrogen) atoms. The van der Waals surface area contributed by atoms with Crippen molar-refractivity contribution in [2.45, 2.75) is 30.6 Å². The molecule has 1 N–H and O–H groups in total. The number of hydrogen-bond donors (Lipinski definition) is 1. The summed E-state index contributed by atoms with van der Waals surface area (Å²) in [4.78, 5) is 39.4. The van der Waals surface area contributed by atoms with Crippen molar-refractivity contribution in [3.8, 4) is 0 Å². The predicted molar refractivity (Wildman–Crippen MR) is 97.7 cm³/mol. The van der Waals surface area contributed by atoms with Crippen LogP contribution >= 0.6 is 0 Å². The van der Waals surface area contributed by atoms with Gasteiger partial charge in [-0.2, -0.15) is 9.37 Å². The Kier molecular flexibility index (Phi) is 4.59. The zero-order valence-electron chi connectivity index (χ0n) is 15.7. The molecule has 0 aromatic carbocycles. The van der Waals surface area contributed by atoms with Crippen LogP contribution in [0.4, 0.5) is 4.79 Å². The van der Waals surface area contributed by atoms with E-state index in [1.807, 2.05) is 6.92 Å². The van der Waals surface area contributed by atoms with Gasteiger partial charge in [-0.05, 0) is 31.9 Å². The first-order chi connectivity index (χ1) is 12.4. The van der Waals surface area contributed by atoms with Gasteiger partial charge in [0.25, 0.3) is 5.91 Å². The van der Waals surface area contributed by atoms with Crippen molar-refractivity contribution in [3.63, 3.8) is 0 Å². The molecule has 3 rings (SSSR count). The first kappa shape index (κ1) is 19.4. The molecule has 1 aliphatic heterocycles. The summed E-state index contributed by atoms with van der Waals surface area (Å²) in [5.41, 5.74) is -0.00650. The van der Waals surface area contributed by atoms with Gasteiger partial charge in [0, 0.05) is 19.6 Å². The fourth-order valence-corrected chi connectivity index (χ4v) is 4.51. The summed E-state index contributed by atoms with van der Waals surface area (Å²) in [5.74, 6) is -1.08. The van der Waals surface area contributed by atoms with Gasteiger partial charge in [0.1, 0.15) is 16.5 Å². The van der Waals surface area contributed by atoms with E-state index in [9.17, 15) is 22.8 Å². The van der Waals surface area contributed by atoms with E-state index in [2.05, 4.69) is 4.72 Å². The highest BCUT2D eigenvalue weighted by atomic mass is 32.2. The number of carbonyl (C=O) groups excluding carboxylic acids is 3. The number of imide groups is 1. The summed E-state index contributed by atoms with van der Waals surface area (Å²) < 4.78 is 29.2. The average Bonchev–Trinajstić information content (AvgIpc) is 3.31. The molecule has 0 spiro atoms. The van der Waals surface area contributed by atoms with Crippen LogP contribution < -0.4 is 4.72 Å². The second-order valence-electron chi connectivity index (χ2n) is 7.52. The van der Waals surface area contributed by atoms with Gasteiger partial charge in [-0.1, -0.05) is 6.08 Å². The van der Waals surface area contributed by atoms with E-state index in [1.54, 1.807) is 0 Å². The standard InChI is InChI=1S/C17H23N4O5S/c1-17(7-8-17)18-27(25,26)11-5-6-13-12(9-11)15(23)21(16(24)20(13)4)10-14(22)19(2)3/h5-6,9,11,18H,7-8,10H2,1-4H3/q+1. The minimum absolute atomic E-state index is 0.0995. The zero-order valence-corrected chi connectivity index (χ0v) is 16.5. The Morgan fingerprint density at radius 3 is 2.56 bits per heavy atom. The highest BCUT2D eigenvalue weighted by Crippen LogP contribution is 2.36. The summed E-state index contributed by atoms with van der Waals surface area (Å²) in [7, 11) is 0.818. The molecule has 0 radical (unpaired) electrons. The summed E-state index contributed by atoms with van der Waals surface area (Å²) in [6.45, 7) is 1.42. The lowest BCUT2D eigenvalue weighted by molar-refractivity contribution is -0.402. The van der Waals surface area contributed by atoms with E-state index < -0.39 is 45.2 Å². The van der Waals surface area contributed by atoms with Gasteiger partial charge in [-0.3, -0.25) is 4.79 Å². The molecule has 1 fully saturated rings. The Labute approximate surface area is 158 Å². The van der Waals surface area contributed by atoms with Crippen molar-refractivity contribution in [2.75, 3.05) is 27.7 Å². The van der Waals surface area contributed by atoms with E-state index in [0.717, 1.165) is 17.7 Å². The van der Waals surface area contributed by atoms with Crippen LogP contribution in [-0.2, 0) is 19.6 Å². The molecular weight excluding hydrogens is 372 g/mol. The third-order valence-corrected chi connectivity index (χ3v) is 6.73. The second-order valence-corrected chi connectivity index (χ2v) is 9.36. The van der Waals surface area contributed by atoms with Crippen LogP contribution in [0.5, 0.6) is 0 Å². The smallest absolute Gasteiger partial charge is 0.345 e. The molecule has 0 bridgehead atoms. The number of allylic oxidation sites excluding steroid dienone is 1. The van der Waals surface area contributed by atoms with Crippen LogP contribution in [0.3, 0.4) is 0 Å². The monoisotopic (exact) mass is 395 g/mol. The molecule has 1 saturated carbocycles. The molecule has 1 heterocycles. The topological polar surface area (TPSA) is 107 Å².